The van der Waals surface area contributed by atoms with Gasteiger partial charge in [-0.2, -0.15) is 0 Å². The molecule has 1 fully saturated rings. The monoisotopic (exact) mass is 478 g/mol. The second-order valence-electron chi connectivity index (χ2n) is 8.78. The number of hydrogen-bond acceptors (Lipinski definition) is 7. The van der Waals surface area contributed by atoms with Gasteiger partial charge in [-0.25, -0.2) is 0 Å². The lowest BCUT2D eigenvalue weighted by molar-refractivity contribution is 0.0314. The van der Waals surface area contributed by atoms with Gasteiger partial charge >= 0.3 is 0 Å². The molecule has 184 valence electrons. The Hall–Kier alpha value is -3.36. The first-order valence-corrected chi connectivity index (χ1v) is 12.1. The van der Waals surface area contributed by atoms with E-state index in [1.54, 1.807) is 36.3 Å². The summed E-state index contributed by atoms with van der Waals surface area (Å²) in [4.78, 5) is 31.3. The summed E-state index contributed by atoms with van der Waals surface area (Å²) in [6.07, 6.45) is 0.874. The normalized spacial score (nSPS) is 18.2. The Balaban J connectivity index is 1.58. The first-order chi connectivity index (χ1) is 17.1. The van der Waals surface area contributed by atoms with Crippen molar-refractivity contribution < 1.29 is 23.4 Å². The minimum absolute atomic E-state index is 0.117. The van der Waals surface area contributed by atoms with Gasteiger partial charge in [0.2, 0.25) is 5.76 Å². The highest BCUT2D eigenvalue weighted by Gasteiger charge is 2.43. The number of morpholine rings is 1. The van der Waals surface area contributed by atoms with E-state index in [-0.39, 0.29) is 17.1 Å². The van der Waals surface area contributed by atoms with Crippen molar-refractivity contribution in [3.8, 4) is 11.5 Å². The molecule has 8 heteroatoms. The van der Waals surface area contributed by atoms with Gasteiger partial charge in [0.05, 0.1) is 43.9 Å². The molecule has 1 amide bonds. The molecule has 8 nitrogen and oxygen atoms in total. The number of ether oxygens (including phenoxy) is 3. The average molecular weight is 479 g/mol. The van der Waals surface area contributed by atoms with E-state index in [2.05, 4.69) is 4.90 Å². The van der Waals surface area contributed by atoms with Crippen LogP contribution in [0.15, 0.2) is 51.7 Å². The molecule has 1 aromatic heterocycles. The summed E-state index contributed by atoms with van der Waals surface area (Å²) in [6, 6.07) is 12.1. The SMILES string of the molecule is CCCOc1ccc([C@@H]2c3c(oc4ccccc4c3=O)C(=O)N2CCN2CCOCC2)cc1OC. The zero-order valence-corrected chi connectivity index (χ0v) is 20.1. The first-order valence-electron chi connectivity index (χ1n) is 12.1. The van der Waals surface area contributed by atoms with Gasteiger partial charge in [0.25, 0.3) is 5.91 Å². The van der Waals surface area contributed by atoms with Crippen LogP contribution in [-0.2, 0) is 4.74 Å². The van der Waals surface area contributed by atoms with E-state index in [0.717, 1.165) is 25.1 Å². The van der Waals surface area contributed by atoms with Gasteiger partial charge in [0, 0.05) is 26.2 Å². The summed E-state index contributed by atoms with van der Waals surface area (Å²) in [7, 11) is 1.59. The molecule has 5 rings (SSSR count). The largest absolute Gasteiger partial charge is 0.493 e. The van der Waals surface area contributed by atoms with Gasteiger partial charge < -0.3 is 23.5 Å². The molecule has 2 aliphatic rings. The number of fused-ring (bicyclic) bond motifs is 2. The fraction of sp³-hybridized carbons (Fsp3) is 0.407. The summed E-state index contributed by atoms with van der Waals surface area (Å²) < 4.78 is 22.9. The molecule has 0 aliphatic carbocycles. The Kier molecular flexibility index (Phi) is 6.74. The molecule has 0 saturated carbocycles. The number of methoxy groups -OCH3 is 1. The Labute approximate surface area is 204 Å². The zero-order valence-electron chi connectivity index (χ0n) is 20.1. The molecule has 0 spiro atoms. The van der Waals surface area contributed by atoms with Crippen LogP contribution in [0.2, 0.25) is 0 Å². The summed E-state index contributed by atoms with van der Waals surface area (Å²) >= 11 is 0. The van der Waals surface area contributed by atoms with Crippen molar-refractivity contribution in [2.24, 2.45) is 0 Å². The Morgan fingerprint density at radius 3 is 2.60 bits per heavy atom. The highest BCUT2D eigenvalue weighted by Crippen LogP contribution is 2.40. The minimum Gasteiger partial charge on any atom is -0.493 e. The van der Waals surface area contributed by atoms with Crippen LogP contribution in [0.3, 0.4) is 0 Å². The van der Waals surface area contributed by atoms with Gasteiger partial charge in [0.15, 0.2) is 16.9 Å². The van der Waals surface area contributed by atoms with Crippen LogP contribution in [0.4, 0.5) is 0 Å². The highest BCUT2D eigenvalue weighted by atomic mass is 16.5. The molecule has 35 heavy (non-hydrogen) atoms. The van der Waals surface area contributed by atoms with E-state index in [4.69, 9.17) is 18.6 Å². The van der Waals surface area contributed by atoms with Crippen LogP contribution < -0.4 is 14.9 Å². The molecule has 3 heterocycles. The summed E-state index contributed by atoms with van der Waals surface area (Å²) in [5.74, 6) is 1.04. The van der Waals surface area contributed by atoms with Crippen molar-refractivity contribution in [3.63, 3.8) is 0 Å². The van der Waals surface area contributed by atoms with Crippen molar-refractivity contribution in [3.05, 3.63) is 69.6 Å². The Morgan fingerprint density at radius 2 is 1.83 bits per heavy atom. The van der Waals surface area contributed by atoms with Gasteiger partial charge in [-0.1, -0.05) is 25.1 Å². The number of nitrogens with zero attached hydrogens (tertiary/aromatic N) is 2. The Morgan fingerprint density at radius 1 is 1.03 bits per heavy atom. The predicted octanol–water partition coefficient (Wildman–Crippen LogP) is 3.47. The fourth-order valence-corrected chi connectivity index (χ4v) is 4.80. The molecular weight excluding hydrogens is 448 g/mol. The predicted molar refractivity (Wildman–Crippen MR) is 131 cm³/mol. The molecule has 3 aromatic rings. The number of para-hydroxylation sites is 1. The summed E-state index contributed by atoms with van der Waals surface area (Å²) in [5, 5.41) is 0.467. The molecule has 2 aromatic carbocycles. The van der Waals surface area contributed by atoms with Crippen molar-refractivity contribution in [2.45, 2.75) is 19.4 Å². The van der Waals surface area contributed by atoms with Crippen molar-refractivity contribution >= 4 is 16.9 Å². The van der Waals surface area contributed by atoms with Crippen LogP contribution in [0.1, 0.15) is 41.1 Å². The van der Waals surface area contributed by atoms with Crippen molar-refractivity contribution in [2.75, 3.05) is 53.1 Å². The third-order valence-electron chi connectivity index (χ3n) is 6.60. The van der Waals surface area contributed by atoms with Crippen LogP contribution >= 0.6 is 0 Å². The van der Waals surface area contributed by atoms with E-state index in [1.807, 2.05) is 25.1 Å². The molecule has 1 saturated heterocycles. The van der Waals surface area contributed by atoms with E-state index in [9.17, 15) is 9.59 Å². The van der Waals surface area contributed by atoms with Gasteiger partial charge in [0.1, 0.15) is 5.58 Å². The zero-order chi connectivity index (χ0) is 24.4. The van der Waals surface area contributed by atoms with Gasteiger partial charge in [-0.05, 0) is 36.2 Å². The number of benzene rings is 2. The van der Waals surface area contributed by atoms with Crippen LogP contribution in [0.5, 0.6) is 11.5 Å². The van der Waals surface area contributed by atoms with E-state index in [1.165, 1.54) is 0 Å². The maximum absolute atomic E-state index is 13.6. The third-order valence-corrected chi connectivity index (χ3v) is 6.60. The lowest BCUT2D eigenvalue weighted by Gasteiger charge is -2.31. The van der Waals surface area contributed by atoms with Crippen molar-refractivity contribution in [1.82, 2.24) is 9.80 Å². The molecule has 0 N–H and O–H groups in total. The van der Waals surface area contributed by atoms with Gasteiger partial charge in [-0.15, -0.1) is 0 Å². The topological polar surface area (TPSA) is 81.5 Å². The second-order valence-corrected chi connectivity index (χ2v) is 8.78. The molecule has 0 bridgehead atoms. The minimum atomic E-state index is -0.575. The first kappa shape index (κ1) is 23.4. The molecule has 0 unspecified atom stereocenters. The van der Waals surface area contributed by atoms with Crippen LogP contribution in [0.25, 0.3) is 11.0 Å². The summed E-state index contributed by atoms with van der Waals surface area (Å²) in [5.41, 5.74) is 1.39. The smallest absolute Gasteiger partial charge is 0.290 e. The number of amides is 1. The number of carbonyl (C=O) groups excluding carboxylic acids is 1. The highest BCUT2D eigenvalue weighted by molar-refractivity contribution is 5.99. The quantitative estimate of drug-likeness (QED) is 0.490. The standard InChI is InChI=1S/C27H30N2O6/c1-3-14-34-21-9-8-18(17-22(21)32-2)24-23-25(30)19-6-4-5-7-20(19)35-26(23)27(31)29(24)11-10-28-12-15-33-16-13-28/h4-9,17,24H,3,10-16H2,1-2H3/t24-/m1/s1. The third kappa shape index (κ3) is 4.39. The fourth-order valence-electron chi connectivity index (χ4n) is 4.80. The van der Waals surface area contributed by atoms with Crippen molar-refractivity contribution in [1.29, 1.82) is 0 Å². The maximum Gasteiger partial charge on any atom is 0.290 e. The molecule has 1 atom stereocenters. The lowest BCUT2D eigenvalue weighted by Crippen LogP contribution is -2.42. The molecular formula is C27H30N2O6. The number of carbonyl (C=O) groups is 1. The van der Waals surface area contributed by atoms with Crippen LogP contribution in [-0.4, -0.2) is 68.8 Å². The second kappa shape index (κ2) is 10.1. The summed E-state index contributed by atoms with van der Waals surface area (Å²) in [6.45, 7) is 6.75. The number of rotatable bonds is 8. The average Bonchev–Trinajstić information content (AvgIpc) is 3.18. The van der Waals surface area contributed by atoms with Gasteiger partial charge in [-0.3, -0.25) is 14.5 Å². The maximum atomic E-state index is 13.6. The van der Waals surface area contributed by atoms with E-state index < -0.39 is 6.04 Å². The van der Waals surface area contributed by atoms with Crippen LogP contribution in [0, 0.1) is 0 Å². The number of hydrogen-bond donors (Lipinski definition) is 0. The lowest BCUT2D eigenvalue weighted by atomic mass is 9.98. The van der Waals surface area contributed by atoms with E-state index >= 15 is 0 Å². The Bertz CT molecular complexity index is 1280. The molecule has 2 aliphatic heterocycles. The molecule has 0 radical (unpaired) electrons. The van der Waals surface area contributed by atoms with E-state index in [0.29, 0.717) is 60.9 Å².